The van der Waals surface area contributed by atoms with Crippen LogP contribution >= 0.6 is 0 Å². The average Bonchev–Trinajstić information content (AvgIpc) is 3.68. The van der Waals surface area contributed by atoms with Crippen molar-refractivity contribution in [1.29, 1.82) is 0 Å². The normalized spacial score (nSPS) is 23.6. The summed E-state index contributed by atoms with van der Waals surface area (Å²) in [7, 11) is -3.78. The molecule has 3 saturated carbocycles. The number of sulfonamides is 1. The highest BCUT2D eigenvalue weighted by atomic mass is 32.2. The van der Waals surface area contributed by atoms with E-state index in [9.17, 15) is 17.6 Å². The van der Waals surface area contributed by atoms with Gasteiger partial charge in [0.25, 0.3) is 0 Å². The molecule has 1 amide bonds. The van der Waals surface area contributed by atoms with Crippen molar-refractivity contribution in [2.75, 3.05) is 11.9 Å². The molecule has 9 nitrogen and oxygen atoms in total. The summed E-state index contributed by atoms with van der Waals surface area (Å²) in [6.07, 6.45) is 8.37. The Bertz CT molecular complexity index is 1220. The Morgan fingerprint density at radius 2 is 1.77 bits per heavy atom. The minimum Gasteiger partial charge on any atom is -0.449 e. The van der Waals surface area contributed by atoms with Gasteiger partial charge in [0.1, 0.15) is 5.82 Å². The van der Waals surface area contributed by atoms with Crippen LogP contribution in [0.5, 0.6) is 0 Å². The quantitative estimate of drug-likeness (QED) is 0.473. The number of rotatable bonds is 9. The number of carbonyl (C=O) groups is 1. The molecule has 5 rings (SSSR count). The lowest BCUT2D eigenvalue weighted by atomic mass is 9.72. The van der Waals surface area contributed by atoms with E-state index in [4.69, 9.17) is 4.74 Å². The fraction of sp³-hybridized carbons (Fsp3) is 0.542. The molecule has 35 heavy (non-hydrogen) atoms. The van der Waals surface area contributed by atoms with Crippen LogP contribution in [0.3, 0.4) is 0 Å². The zero-order chi connectivity index (χ0) is 24.8. The lowest BCUT2D eigenvalue weighted by Crippen LogP contribution is -2.36. The van der Waals surface area contributed by atoms with E-state index < -0.39 is 21.4 Å². The second-order valence-corrected chi connectivity index (χ2v) is 12.3. The molecule has 3 aliphatic rings. The number of hydrogen-bond donors (Lipinski definition) is 3. The van der Waals surface area contributed by atoms with Gasteiger partial charge in [0.05, 0.1) is 17.2 Å². The Hall–Kier alpha value is -2.79. The monoisotopic (exact) mass is 503 g/mol. The number of alkyl carbamates (subject to hydrolysis) is 1. The van der Waals surface area contributed by atoms with Crippen molar-refractivity contribution in [2.24, 2.45) is 5.92 Å². The zero-order valence-corrected chi connectivity index (χ0v) is 20.6. The van der Waals surface area contributed by atoms with Crippen LogP contribution in [-0.2, 0) is 14.8 Å². The molecule has 1 aromatic heterocycles. The maximum absolute atomic E-state index is 14.6. The van der Waals surface area contributed by atoms with E-state index in [1.54, 1.807) is 12.4 Å². The third-order valence-corrected chi connectivity index (χ3v) is 8.75. The number of nitrogens with one attached hydrogen (secondary N) is 3. The van der Waals surface area contributed by atoms with Crippen LogP contribution in [0.25, 0.3) is 0 Å². The van der Waals surface area contributed by atoms with Gasteiger partial charge in [-0.15, -0.1) is 0 Å². The number of benzene rings is 1. The lowest BCUT2D eigenvalue weighted by Gasteiger charge is -2.34. The number of amides is 1. The van der Waals surface area contributed by atoms with Crippen molar-refractivity contribution in [3.8, 4) is 0 Å². The Morgan fingerprint density at radius 1 is 1.11 bits per heavy atom. The van der Waals surface area contributed by atoms with E-state index in [0.29, 0.717) is 18.4 Å². The van der Waals surface area contributed by atoms with Crippen molar-refractivity contribution < 1.29 is 22.3 Å². The minimum atomic E-state index is -3.78. The van der Waals surface area contributed by atoms with Gasteiger partial charge >= 0.3 is 6.09 Å². The summed E-state index contributed by atoms with van der Waals surface area (Å²) in [5.41, 5.74) is 0.552. The van der Waals surface area contributed by atoms with Gasteiger partial charge in [-0.05, 0) is 88.0 Å². The number of aromatic nitrogens is 2. The highest BCUT2D eigenvalue weighted by Gasteiger charge is 2.41. The third kappa shape index (κ3) is 5.72. The van der Waals surface area contributed by atoms with Crippen LogP contribution < -0.4 is 15.4 Å². The molecule has 188 valence electrons. The largest absolute Gasteiger partial charge is 0.449 e. The van der Waals surface area contributed by atoms with E-state index in [1.165, 1.54) is 12.1 Å². The SMILES string of the molecule is CC1(NC(=O)OCC2CC(c3cnc(Nc4ccc(S(=O)(=O)NC5(C)CC5)cc4F)nc3)C2)CC1. The Balaban J connectivity index is 1.11. The maximum Gasteiger partial charge on any atom is 0.407 e. The molecule has 2 aromatic rings. The summed E-state index contributed by atoms with van der Waals surface area (Å²) in [5.74, 6) is 0.125. The standard InChI is InChI=1S/C24H30FN5O4S/c1-23(5-6-23)29-22(31)34-14-15-9-16(10-15)17-12-26-21(27-13-17)28-20-4-3-18(11-19(20)25)35(32,33)30-24(2)7-8-24/h3-4,11-13,15-16,30H,5-10,14H2,1-2H3,(H,29,31)(H,26,27,28). The van der Waals surface area contributed by atoms with Gasteiger partial charge in [-0.2, -0.15) is 0 Å². The van der Waals surface area contributed by atoms with Gasteiger partial charge in [-0.1, -0.05) is 0 Å². The van der Waals surface area contributed by atoms with Gasteiger partial charge in [0, 0.05) is 23.5 Å². The summed E-state index contributed by atoms with van der Waals surface area (Å²) in [5, 5.41) is 5.68. The van der Waals surface area contributed by atoms with Crippen molar-refractivity contribution >= 4 is 27.8 Å². The van der Waals surface area contributed by atoms with E-state index >= 15 is 0 Å². The molecule has 3 N–H and O–H groups in total. The number of ether oxygens (including phenoxy) is 1. The van der Waals surface area contributed by atoms with E-state index in [1.807, 2.05) is 13.8 Å². The molecule has 11 heteroatoms. The molecule has 0 aliphatic heterocycles. The van der Waals surface area contributed by atoms with Crippen molar-refractivity contribution in [3.05, 3.63) is 42.0 Å². The number of nitrogens with zero attached hydrogens (tertiary/aromatic N) is 2. The fourth-order valence-electron chi connectivity index (χ4n) is 4.10. The molecule has 0 bridgehead atoms. The van der Waals surface area contributed by atoms with Gasteiger partial charge < -0.3 is 15.4 Å². The summed E-state index contributed by atoms with van der Waals surface area (Å²) < 4.78 is 47.4. The van der Waals surface area contributed by atoms with Crippen molar-refractivity contribution in [1.82, 2.24) is 20.0 Å². The topological polar surface area (TPSA) is 122 Å². The van der Waals surface area contributed by atoms with Crippen LogP contribution in [0.4, 0.5) is 20.8 Å². The molecule has 0 atom stereocenters. The lowest BCUT2D eigenvalue weighted by molar-refractivity contribution is 0.0918. The average molecular weight is 504 g/mol. The molecule has 3 fully saturated rings. The van der Waals surface area contributed by atoms with E-state index in [-0.39, 0.29) is 28.2 Å². The molecule has 0 unspecified atom stereocenters. The molecule has 0 radical (unpaired) electrons. The van der Waals surface area contributed by atoms with Crippen LogP contribution in [0.1, 0.15) is 63.9 Å². The molecular weight excluding hydrogens is 473 g/mol. The van der Waals surface area contributed by atoms with Gasteiger partial charge in [-0.25, -0.2) is 32.3 Å². The molecule has 3 aliphatic carbocycles. The molecular formula is C24H30FN5O4S. The fourth-order valence-corrected chi connectivity index (χ4v) is 5.58. The van der Waals surface area contributed by atoms with Gasteiger partial charge in [0.2, 0.25) is 16.0 Å². The molecule has 1 heterocycles. The van der Waals surface area contributed by atoms with E-state index in [2.05, 4.69) is 25.3 Å². The van der Waals surface area contributed by atoms with Crippen LogP contribution in [0, 0.1) is 11.7 Å². The molecule has 0 spiro atoms. The van der Waals surface area contributed by atoms with Crippen LogP contribution in [0.15, 0.2) is 35.5 Å². The van der Waals surface area contributed by atoms with Gasteiger partial charge in [0.15, 0.2) is 0 Å². The first-order valence-electron chi connectivity index (χ1n) is 11.9. The molecule has 1 aromatic carbocycles. The summed E-state index contributed by atoms with van der Waals surface area (Å²) in [6.45, 7) is 4.23. The Labute approximate surface area is 204 Å². The highest BCUT2D eigenvalue weighted by Crippen LogP contribution is 2.41. The Morgan fingerprint density at radius 3 is 2.37 bits per heavy atom. The second kappa shape index (κ2) is 8.70. The van der Waals surface area contributed by atoms with Crippen molar-refractivity contribution in [2.45, 2.75) is 74.3 Å². The van der Waals surface area contributed by atoms with Gasteiger partial charge in [-0.3, -0.25) is 0 Å². The summed E-state index contributed by atoms with van der Waals surface area (Å²) in [6, 6.07) is 3.72. The number of halogens is 1. The second-order valence-electron chi connectivity index (χ2n) is 10.6. The molecule has 0 saturated heterocycles. The third-order valence-electron chi connectivity index (χ3n) is 7.11. The minimum absolute atomic E-state index is 0.0826. The predicted octanol–water partition coefficient (Wildman–Crippen LogP) is 3.96. The van der Waals surface area contributed by atoms with Crippen LogP contribution in [-0.4, -0.2) is 42.2 Å². The first kappa shape index (κ1) is 23.9. The first-order chi connectivity index (χ1) is 16.5. The number of carbonyl (C=O) groups excluding carboxylic acids is 1. The van der Waals surface area contributed by atoms with E-state index in [0.717, 1.165) is 50.2 Å². The summed E-state index contributed by atoms with van der Waals surface area (Å²) >= 11 is 0. The predicted molar refractivity (Wildman–Crippen MR) is 127 cm³/mol. The first-order valence-corrected chi connectivity index (χ1v) is 13.4. The smallest absolute Gasteiger partial charge is 0.407 e. The maximum atomic E-state index is 14.6. The van der Waals surface area contributed by atoms with Crippen molar-refractivity contribution in [3.63, 3.8) is 0 Å². The van der Waals surface area contributed by atoms with Crippen LogP contribution in [0.2, 0.25) is 0 Å². The highest BCUT2D eigenvalue weighted by molar-refractivity contribution is 7.89. The zero-order valence-electron chi connectivity index (χ0n) is 19.8. The number of anilines is 2. The Kier molecular flexibility index (Phi) is 5.95. The summed E-state index contributed by atoms with van der Waals surface area (Å²) in [4.78, 5) is 20.2. The number of hydrogen-bond acceptors (Lipinski definition) is 7.